The van der Waals surface area contributed by atoms with Crippen molar-refractivity contribution in [3.63, 3.8) is 0 Å². The monoisotopic (exact) mass is 289 g/mol. The first-order chi connectivity index (χ1) is 10.2. The van der Waals surface area contributed by atoms with Crippen molar-refractivity contribution in [2.45, 2.75) is 38.1 Å². The molecular formula is C15H16FN3O2. The van der Waals surface area contributed by atoms with Gasteiger partial charge in [-0.15, -0.1) is 10.2 Å². The fraction of sp³-hybridized carbons (Fsp3) is 0.400. The van der Waals surface area contributed by atoms with Crippen molar-refractivity contribution >= 4 is 5.91 Å². The summed E-state index contributed by atoms with van der Waals surface area (Å²) in [7, 11) is 0. The van der Waals surface area contributed by atoms with Crippen LogP contribution in [0.3, 0.4) is 0 Å². The number of nitrogens with one attached hydrogen (secondary N) is 1. The summed E-state index contributed by atoms with van der Waals surface area (Å²) >= 11 is 0. The highest BCUT2D eigenvalue weighted by Crippen LogP contribution is 2.21. The molecule has 1 fully saturated rings. The van der Waals surface area contributed by atoms with E-state index < -0.39 is 11.7 Å². The summed E-state index contributed by atoms with van der Waals surface area (Å²) in [5.74, 6) is -0.960. The lowest BCUT2D eigenvalue weighted by Gasteiger charge is -2.21. The van der Waals surface area contributed by atoms with E-state index in [0.717, 1.165) is 25.7 Å². The molecule has 0 atom stereocenters. The van der Waals surface area contributed by atoms with Crippen molar-refractivity contribution in [1.82, 2.24) is 15.5 Å². The molecule has 1 aromatic heterocycles. The number of carbonyl (C=O) groups excluding carboxylic acids is 1. The average molecular weight is 289 g/mol. The Kier molecular flexibility index (Phi) is 3.94. The molecule has 1 amide bonds. The fourth-order valence-corrected chi connectivity index (χ4v) is 2.55. The Labute approximate surface area is 121 Å². The summed E-state index contributed by atoms with van der Waals surface area (Å²) in [6.45, 7) is 0. The molecule has 0 unspecified atom stereocenters. The zero-order valence-electron chi connectivity index (χ0n) is 11.5. The van der Waals surface area contributed by atoms with Crippen LogP contribution in [0.2, 0.25) is 0 Å². The molecule has 3 rings (SSSR count). The molecule has 0 radical (unpaired) electrons. The first kappa shape index (κ1) is 13.7. The van der Waals surface area contributed by atoms with Crippen molar-refractivity contribution < 1.29 is 13.6 Å². The van der Waals surface area contributed by atoms with E-state index in [2.05, 4.69) is 15.5 Å². The highest BCUT2D eigenvalue weighted by atomic mass is 19.1. The number of halogens is 1. The zero-order chi connectivity index (χ0) is 14.7. The normalized spacial score (nSPS) is 15.9. The molecule has 1 aromatic carbocycles. The number of amides is 1. The molecule has 1 aliphatic rings. The van der Waals surface area contributed by atoms with Crippen LogP contribution in [0, 0.1) is 5.82 Å². The van der Waals surface area contributed by atoms with Crippen LogP contribution in [-0.2, 0) is 0 Å². The van der Waals surface area contributed by atoms with Gasteiger partial charge in [-0.2, -0.15) is 0 Å². The highest BCUT2D eigenvalue weighted by Gasteiger charge is 2.21. The van der Waals surface area contributed by atoms with Gasteiger partial charge < -0.3 is 9.73 Å². The van der Waals surface area contributed by atoms with E-state index in [1.54, 1.807) is 12.1 Å². The van der Waals surface area contributed by atoms with E-state index in [-0.39, 0.29) is 23.4 Å². The topological polar surface area (TPSA) is 68.0 Å². The van der Waals surface area contributed by atoms with Crippen LogP contribution in [0.25, 0.3) is 11.5 Å². The van der Waals surface area contributed by atoms with Gasteiger partial charge in [0.2, 0.25) is 0 Å². The van der Waals surface area contributed by atoms with Crippen molar-refractivity contribution in [3.05, 3.63) is 36.0 Å². The third-order valence-corrected chi connectivity index (χ3v) is 3.66. The van der Waals surface area contributed by atoms with Crippen LogP contribution in [0.1, 0.15) is 42.8 Å². The molecule has 0 spiro atoms. The largest absolute Gasteiger partial charge is 0.412 e. The third kappa shape index (κ3) is 3.09. The van der Waals surface area contributed by atoms with E-state index in [1.807, 2.05) is 0 Å². The SMILES string of the molecule is O=C(NC1CCCCC1)c1nnc(-c2ccccc2F)o1. The Hall–Kier alpha value is -2.24. The molecule has 110 valence electrons. The van der Waals surface area contributed by atoms with Crippen LogP contribution in [0.4, 0.5) is 4.39 Å². The van der Waals surface area contributed by atoms with Gasteiger partial charge in [-0.05, 0) is 25.0 Å². The van der Waals surface area contributed by atoms with E-state index in [0.29, 0.717) is 0 Å². The highest BCUT2D eigenvalue weighted by molar-refractivity contribution is 5.89. The quantitative estimate of drug-likeness (QED) is 0.943. The van der Waals surface area contributed by atoms with Gasteiger partial charge in [0, 0.05) is 6.04 Å². The minimum atomic E-state index is -0.458. The molecule has 6 heteroatoms. The van der Waals surface area contributed by atoms with Gasteiger partial charge >= 0.3 is 11.8 Å². The van der Waals surface area contributed by atoms with E-state index in [9.17, 15) is 9.18 Å². The Morgan fingerprint density at radius 1 is 1.19 bits per heavy atom. The van der Waals surface area contributed by atoms with Gasteiger partial charge in [0.15, 0.2) is 0 Å². The summed E-state index contributed by atoms with van der Waals surface area (Å²) in [6, 6.07) is 6.25. The summed E-state index contributed by atoms with van der Waals surface area (Å²) in [4.78, 5) is 12.0. The second-order valence-electron chi connectivity index (χ2n) is 5.20. The van der Waals surface area contributed by atoms with Gasteiger partial charge in [-0.3, -0.25) is 4.79 Å². The van der Waals surface area contributed by atoms with E-state index >= 15 is 0 Å². The third-order valence-electron chi connectivity index (χ3n) is 3.66. The smallest absolute Gasteiger partial charge is 0.309 e. The molecule has 21 heavy (non-hydrogen) atoms. The number of benzene rings is 1. The molecule has 1 saturated carbocycles. The van der Waals surface area contributed by atoms with Gasteiger partial charge in [-0.25, -0.2) is 4.39 Å². The maximum absolute atomic E-state index is 13.6. The minimum absolute atomic E-state index is 0.0156. The molecule has 0 bridgehead atoms. The number of nitrogens with zero attached hydrogens (tertiary/aromatic N) is 2. The average Bonchev–Trinajstić information content (AvgIpc) is 2.98. The molecule has 1 N–H and O–H groups in total. The van der Waals surface area contributed by atoms with E-state index in [4.69, 9.17) is 4.42 Å². The van der Waals surface area contributed by atoms with Crippen molar-refractivity contribution in [3.8, 4) is 11.5 Å². The van der Waals surface area contributed by atoms with Crippen LogP contribution in [0.15, 0.2) is 28.7 Å². The van der Waals surface area contributed by atoms with Crippen LogP contribution in [-0.4, -0.2) is 22.1 Å². The fourth-order valence-electron chi connectivity index (χ4n) is 2.55. The summed E-state index contributed by atoms with van der Waals surface area (Å²) in [5, 5.41) is 10.3. The second kappa shape index (κ2) is 6.03. The number of carbonyl (C=O) groups is 1. The minimum Gasteiger partial charge on any atom is -0.412 e. The molecule has 0 saturated heterocycles. The Balaban J connectivity index is 1.72. The summed E-state index contributed by atoms with van der Waals surface area (Å²) in [5.41, 5.74) is 0.196. The van der Waals surface area contributed by atoms with Crippen LogP contribution < -0.4 is 5.32 Å². The van der Waals surface area contributed by atoms with Gasteiger partial charge in [0.1, 0.15) is 5.82 Å². The van der Waals surface area contributed by atoms with Crippen molar-refractivity contribution in [1.29, 1.82) is 0 Å². The van der Waals surface area contributed by atoms with Gasteiger partial charge in [-0.1, -0.05) is 31.4 Å². The standard InChI is InChI=1S/C15H16FN3O2/c16-12-9-5-4-8-11(12)14-18-19-15(21-14)13(20)17-10-6-2-1-3-7-10/h4-5,8-10H,1-3,6-7H2,(H,17,20). The van der Waals surface area contributed by atoms with Gasteiger partial charge in [0.25, 0.3) is 5.89 Å². The van der Waals surface area contributed by atoms with Crippen LogP contribution >= 0.6 is 0 Å². The molecule has 0 aliphatic heterocycles. The molecular weight excluding hydrogens is 273 g/mol. The maximum atomic E-state index is 13.6. The molecule has 1 heterocycles. The molecule has 5 nitrogen and oxygen atoms in total. The Morgan fingerprint density at radius 2 is 1.95 bits per heavy atom. The predicted molar refractivity (Wildman–Crippen MR) is 74.0 cm³/mol. The maximum Gasteiger partial charge on any atom is 0.309 e. The lowest BCUT2D eigenvalue weighted by Crippen LogP contribution is -2.36. The number of aromatic nitrogens is 2. The summed E-state index contributed by atoms with van der Waals surface area (Å²) in [6.07, 6.45) is 5.40. The van der Waals surface area contributed by atoms with Gasteiger partial charge in [0.05, 0.1) is 5.56 Å². The molecule has 1 aliphatic carbocycles. The lowest BCUT2D eigenvalue weighted by atomic mass is 9.95. The number of rotatable bonds is 3. The second-order valence-corrected chi connectivity index (χ2v) is 5.20. The molecule has 2 aromatic rings. The Bertz CT molecular complexity index is 635. The number of hydrogen-bond donors (Lipinski definition) is 1. The number of hydrogen-bond acceptors (Lipinski definition) is 4. The Morgan fingerprint density at radius 3 is 2.71 bits per heavy atom. The lowest BCUT2D eigenvalue weighted by molar-refractivity contribution is 0.0893. The summed E-state index contributed by atoms with van der Waals surface area (Å²) < 4.78 is 18.9. The van der Waals surface area contributed by atoms with Crippen molar-refractivity contribution in [2.75, 3.05) is 0 Å². The zero-order valence-corrected chi connectivity index (χ0v) is 11.5. The predicted octanol–water partition coefficient (Wildman–Crippen LogP) is 2.94. The first-order valence-electron chi connectivity index (χ1n) is 7.13. The van der Waals surface area contributed by atoms with Crippen molar-refractivity contribution in [2.24, 2.45) is 0 Å². The van der Waals surface area contributed by atoms with E-state index in [1.165, 1.54) is 18.6 Å². The van der Waals surface area contributed by atoms with Crippen LogP contribution in [0.5, 0.6) is 0 Å². The first-order valence-corrected chi connectivity index (χ1v) is 7.13.